The molecule has 174 valence electrons. The molecule has 10 heteroatoms. The van der Waals surface area contributed by atoms with Crippen LogP contribution in [0.2, 0.25) is 0 Å². The van der Waals surface area contributed by atoms with Gasteiger partial charge in [-0.3, -0.25) is 4.79 Å². The summed E-state index contributed by atoms with van der Waals surface area (Å²) in [6.45, 7) is 4.20. The summed E-state index contributed by atoms with van der Waals surface area (Å²) in [7, 11) is 0. The Kier molecular flexibility index (Phi) is 13.2. The molecule has 3 N–H and O–H groups in total. The number of anilines is 1. The highest BCUT2D eigenvalue weighted by atomic mass is 35.6. The second-order valence-electron chi connectivity index (χ2n) is 6.96. The zero-order valence-corrected chi connectivity index (χ0v) is 20.9. The van der Waals surface area contributed by atoms with Crippen LogP contribution in [-0.4, -0.2) is 33.6 Å². The minimum Gasteiger partial charge on any atom is -0.462 e. The van der Waals surface area contributed by atoms with Crippen molar-refractivity contribution in [2.24, 2.45) is 0 Å². The van der Waals surface area contributed by atoms with Crippen LogP contribution in [0.4, 0.5) is 5.69 Å². The molecule has 0 saturated heterocycles. The number of esters is 1. The van der Waals surface area contributed by atoms with Gasteiger partial charge in [0.1, 0.15) is 6.17 Å². The van der Waals surface area contributed by atoms with E-state index in [1.807, 2.05) is 0 Å². The van der Waals surface area contributed by atoms with Gasteiger partial charge in [0.15, 0.2) is 5.11 Å². The average molecular weight is 511 g/mol. The number of halogens is 3. The number of alkyl halides is 3. The fraction of sp³-hybridized carbons (Fsp3) is 0.571. The fourth-order valence-electron chi connectivity index (χ4n) is 2.70. The van der Waals surface area contributed by atoms with Crippen molar-refractivity contribution in [3.05, 3.63) is 29.8 Å². The van der Waals surface area contributed by atoms with Crippen LogP contribution in [0.15, 0.2) is 24.3 Å². The van der Waals surface area contributed by atoms with E-state index in [2.05, 4.69) is 22.9 Å². The molecule has 0 spiro atoms. The van der Waals surface area contributed by atoms with Crippen LogP contribution in [0, 0.1) is 0 Å². The predicted molar refractivity (Wildman–Crippen MR) is 132 cm³/mol. The number of hydrogen-bond acceptors (Lipinski definition) is 4. The summed E-state index contributed by atoms with van der Waals surface area (Å²) in [5.74, 6) is -0.625. The van der Waals surface area contributed by atoms with E-state index in [0.29, 0.717) is 24.3 Å². The maximum atomic E-state index is 12.2. The van der Waals surface area contributed by atoms with E-state index in [4.69, 9.17) is 51.8 Å². The van der Waals surface area contributed by atoms with Crippen LogP contribution in [-0.2, 0) is 9.53 Å². The normalized spacial score (nSPS) is 12.0. The summed E-state index contributed by atoms with van der Waals surface area (Å²) in [6, 6.07) is 6.55. The first kappa shape index (κ1) is 27.8. The van der Waals surface area contributed by atoms with Crippen molar-refractivity contribution in [2.45, 2.75) is 68.8 Å². The molecule has 1 aromatic rings. The number of ether oxygens (including phenoxy) is 1. The SMILES string of the molecule is CCCCCCCCC(=O)NC(NC(=S)Nc1ccc(C(=O)OCC)cc1)C(Cl)(Cl)Cl. The molecular formula is C21H30Cl3N3O3S. The van der Waals surface area contributed by atoms with Crippen molar-refractivity contribution >= 4 is 69.7 Å². The number of rotatable bonds is 12. The fourth-order valence-corrected chi connectivity index (χ4v) is 3.26. The number of nitrogens with one attached hydrogen (secondary N) is 3. The van der Waals surface area contributed by atoms with Crippen molar-refractivity contribution in [3.8, 4) is 0 Å². The Balaban J connectivity index is 2.54. The van der Waals surface area contributed by atoms with E-state index in [9.17, 15) is 9.59 Å². The van der Waals surface area contributed by atoms with Crippen LogP contribution < -0.4 is 16.0 Å². The zero-order chi connectivity index (χ0) is 23.3. The number of carbonyl (C=O) groups excluding carboxylic acids is 2. The molecule has 0 aliphatic rings. The lowest BCUT2D eigenvalue weighted by Gasteiger charge is -2.27. The molecule has 0 saturated carbocycles. The van der Waals surface area contributed by atoms with Crippen LogP contribution in [0.1, 0.15) is 69.2 Å². The molecule has 1 unspecified atom stereocenters. The number of carbonyl (C=O) groups is 2. The van der Waals surface area contributed by atoms with Gasteiger partial charge in [-0.2, -0.15) is 0 Å². The van der Waals surface area contributed by atoms with Crippen LogP contribution in [0.5, 0.6) is 0 Å². The lowest BCUT2D eigenvalue weighted by atomic mass is 10.1. The summed E-state index contributed by atoms with van der Waals surface area (Å²) in [5.41, 5.74) is 1.04. The predicted octanol–water partition coefficient (Wildman–Crippen LogP) is 5.71. The Labute approximate surface area is 204 Å². The average Bonchev–Trinajstić information content (AvgIpc) is 2.70. The number of benzene rings is 1. The van der Waals surface area contributed by atoms with Crippen molar-refractivity contribution < 1.29 is 14.3 Å². The first-order valence-electron chi connectivity index (χ1n) is 10.4. The van der Waals surface area contributed by atoms with Crippen molar-refractivity contribution in [2.75, 3.05) is 11.9 Å². The second-order valence-corrected chi connectivity index (χ2v) is 9.73. The Morgan fingerprint density at radius 2 is 1.61 bits per heavy atom. The highest BCUT2D eigenvalue weighted by Gasteiger charge is 2.34. The molecule has 1 aromatic carbocycles. The first-order chi connectivity index (χ1) is 14.7. The molecule has 1 rings (SSSR count). The smallest absolute Gasteiger partial charge is 0.338 e. The highest BCUT2D eigenvalue weighted by molar-refractivity contribution is 7.80. The van der Waals surface area contributed by atoms with Crippen LogP contribution in [0.25, 0.3) is 0 Å². The zero-order valence-electron chi connectivity index (χ0n) is 17.8. The quantitative estimate of drug-likeness (QED) is 0.110. The summed E-state index contributed by atoms with van der Waals surface area (Å²) >= 11 is 23.3. The molecule has 0 aliphatic heterocycles. The third kappa shape index (κ3) is 11.8. The summed E-state index contributed by atoms with van der Waals surface area (Å²) in [4.78, 5) is 24.0. The first-order valence-corrected chi connectivity index (χ1v) is 11.9. The van der Waals surface area contributed by atoms with Gasteiger partial charge in [0.2, 0.25) is 9.70 Å². The van der Waals surface area contributed by atoms with E-state index < -0.39 is 15.9 Å². The Morgan fingerprint density at radius 3 is 2.19 bits per heavy atom. The van der Waals surface area contributed by atoms with E-state index in [1.54, 1.807) is 31.2 Å². The van der Waals surface area contributed by atoms with Gasteiger partial charge in [-0.05, 0) is 49.8 Å². The number of amides is 1. The maximum absolute atomic E-state index is 12.2. The molecule has 6 nitrogen and oxygen atoms in total. The highest BCUT2D eigenvalue weighted by Crippen LogP contribution is 2.29. The van der Waals surface area contributed by atoms with E-state index in [-0.39, 0.29) is 11.0 Å². The lowest BCUT2D eigenvalue weighted by molar-refractivity contribution is -0.122. The molecular weight excluding hydrogens is 481 g/mol. The minimum atomic E-state index is -1.81. The van der Waals surface area contributed by atoms with Gasteiger partial charge in [0, 0.05) is 12.1 Å². The second kappa shape index (κ2) is 14.7. The molecule has 0 aromatic heterocycles. The molecule has 0 aliphatic carbocycles. The third-order valence-corrected chi connectivity index (χ3v) is 5.19. The lowest BCUT2D eigenvalue weighted by Crippen LogP contribution is -2.56. The minimum absolute atomic E-state index is 0.153. The van der Waals surface area contributed by atoms with Crippen LogP contribution >= 0.6 is 47.0 Å². The maximum Gasteiger partial charge on any atom is 0.338 e. The van der Waals surface area contributed by atoms with Gasteiger partial charge in [-0.25, -0.2) is 4.79 Å². The standard InChI is InChI=1S/C21H30Cl3N3O3S/c1-3-5-6-7-8-9-10-17(28)26-19(21(22,23)24)27-20(31)25-16-13-11-15(12-14-16)18(29)30-4-2/h11-14,19H,3-10H2,1-2H3,(H,26,28)(H2,25,27,31). The number of hydrogen-bond donors (Lipinski definition) is 3. The third-order valence-electron chi connectivity index (χ3n) is 4.32. The number of unbranched alkanes of at least 4 members (excludes halogenated alkanes) is 5. The van der Waals surface area contributed by atoms with Gasteiger partial charge in [-0.15, -0.1) is 0 Å². The Hall–Kier alpha value is -1.28. The largest absolute Gasteiger partial charge is 0.462 e. The monoisotopic (exact) mass is 509 g/mol. The molecule has 0 bridgehead atoms. The molecule has 0 fully saturated rings. The summed E-state index contributed by atoms with van der Waals surface area (Å²) < 4.78 is 3.14. The van der Waals surface area contributed by atoms with Gasteiger partial charge < -0.3 is 20.7 Å². The van der Waals surface area contributed by atoms with Crippen molar-refractivity contribution in [1.29, 1.82) is 0 Å². The molecule has 0 heterocycles. The van der Waals surface area contributed by atoms with Gasteiger partial charge in [0.25, 0.3) is 0 Å². The summed E-state index contributed by atoms with van der Waals surface area (Å²) in [6.07, 6.45) is 5.78. The molecule has 0 radical (unpaired) electrons. The molecule has 1 amide bonds. The van der Waals surface area contributed by atoms with Gasteiger partial charge in [-0.1, -0.05) is 73.8 Å². The van der Waals surface area contributed by atoms with Gasteiger partial charge >= 0.3 is 5.97 Å². The molecule has 1 atom stereocenters. The van der Waals surface area contributed by atoms with Crippen molar-refractivity contribution in [3.63, 3.8) is 0 Å². The van der Waals surface area contributed by atoms with E-state index in [0.717, 1.165) is 19.3 Å². The van der Waals surface area contributed by atoms with Crippen molar-refractivity contribution in [1.82, 2.24) is 10.6 Å². The number of thiocarbonyl (C=S) groups is 1. The molecule has 31 heavy (non-hydrogen) atoms. The van der Waals surface area contributed by atoms with E-state index in [1.165, 1.54) is 19.3 Å². The summed E-state index contributed by atoms with van der Waals surface area (Å²) in [5, 5.41) is 8.57. The van der Waals surface area contributed by atoms with Gasteiger partial charge in [0.05, 0.1) is 12.2 Å². The van der Waals surface area contributed by atoms with Crippen LogP contribution in [0.3, 0.4) is 0 Å². The topological polar surface area (TPSA) is 79.5 Å². The Morgan fingerprint density at radius 1 is 1.00 bits per heavy atom. The van der Waals surface area contributed by atoms with E-state index >= 15 is 0 Å². The Bertz CT molecular complexity index is 712.